The number of rotatable bonds is 11. The lowest BCUT2D eigenvalue weighted by molar-refractivity contribution is -0.142. The van der Waals surface area contributed by atoms with Gasteiger partial charge in [-0.25, -0.2) is 9.78 Å². The standard InChI is InChI=1S/C21H27N5O6/c1-12(2)7-17(21(31)32)26-20(30)16(8-14-9-22-11-24-14)25-18(28)10-23-19(29)13-3-5-15(27)6-4-13/h3-6,9,11-12,16-17,27H,7-8,10H2,1-2H3,(H,22,24)(H,23,29)(H,25,28)(H,26,30)(H,31,32)/t16-,17+/m0/s1. The lowest BCUT2D eigenvalue weighted by Crippen LogP contribution is -2.54. The highest BCUT2D eigenvalue weighted by Crippen LogP contribution is 2.09. The molecule has 0 aliphatic heterocycles. The quantitative estimate of drug-likeness (QED) is 0.286. The van der Waals surface area contributed by atoms with Crippen molar-refractivity contribution in [1.82, 2.24) is 25.9 Å². The molecule has 172 valence electrons. The van der Waals surface area contributed by atoms with Crippen molar-refractivity contribution in [2.75, 3.05) is 6.54 Å². The van der Waals surface area contributed by atoms with E-state index in [0.717, 1.165) is 0 Å². The third-order valence-electron chi connectivity index (χ3n) is 4.49. The summed E-state index contributed by atoms with van der Waals surface area (Å²) in [5.41, 5.74) is 0.814. The first-order chi connectivity index (χ1) is 15.2. The number of phenols is 1. The van der Waals surface area contributed by atoms with Crippen LogP contribution in [0.15, 0.2) is 36.8 Å². The number of carboxylic acid groups (broad SMARTS) is 1. The minimum absolute atomic E-state index is 0.00378. The van der Waals surface area contributed by atoms with Crippen LogP contribution in [0.25, 0.3) is 0 Å². The lowest BCUT2D eigenvalue weighted by atomic mass is 10.0. The minimum atomic E-state index is -1.17. The van der Waals surface area contributed by atoms with Gasteiger partial charge in [-0.05, 0) is 36.6 Å². The predicted octanol–water partition coefficient (Wildman–Crippen LogP) is 0.188. The van der Waals surface area contributed by atoms with E-state index in [1.165, 1.54) is 36.8 Å². The van der Waals surface area contributed by atoms with E-state index in [4.69, 9.17) is 0 Å². The molecule has 6 N–H and O–H groups in total. The number of carbonyl (C=O) groups excluding carboxylic acids is 3. The third kappa shape index (κ3) is 7.74. The molecule has 0 aliphatic carbocycles. The number of aliphatic carboxylic acids is 1. The van der Waals surface area contributed by atoms with Gasteiger partial charge in [0.05, 0.1) is 12.9 Å². The number of nitrogens with one attached hydrogen (secondary N) is 4. The number of aromatic hydroxyl groups is 1. The summed E-state index contributed by atoms with van der Waals surface area (Å²) in [7, 11) is 0. The van der Waals surface area contributed by atoms with Crippen LogP contribution in [0.1, 0.15) is 36.3 Å². The summed E-state index contributed by atoms with van der Waals surface area (Å²) < 4.78 is 0. The summed E-state index contributed by atoms with van der Waals surface area (Å²) >= 11 is 0. The van der Waals surface area contributed by atoms with E-state index in [9.17, 15) is 29.4 Å². The van der Waals surface area contributed by atoms with Crippen LogP contribution < -0.4 is 16.0 Å². The van der Waals surface area contributed by atoms with Gasteiger partial charge in [-0.2, -0.15) is 0 Å². The number of H-pyrrole nitrogens is 1. The molecule has 1 heterocycles. The van der Waals surface area contributed by atoms with Crippen molar-refractivity contribution in [3.8, 4) is 5.75 Å². The number of imidazole rings is 1. The van der Waals surface area contributed by atoms with Crippen LogP contribution in [0.4, 0.5) is 0 Å². The van der Waals surface area contributed by atoms with Crippen LogP contribution in [0, 0.1) is 5.92 Å². The molecule has 32 heavy (non-hydrogen) atoms. The number of nitrogens with zero attached hydrogens (tertiary/aromatic N) is 1. The van der Waals surface area contributed by atoms with E-state index in [2.05, 4.69) is 25.9 Å². The van der Waals surface area contributed by atoms with Gasteiger partial charge in [0.25, 0.3) is 5.91 Å². The van der Waals surface area contributed by atoms with Crippen molar-refractivity contribution in [3.05, 3.63) is 48.0 Å². The fraction of sp³-hybridized carbons (Fsp3) is 0.381. The van der Waals surface area contributed by atoms with Crippen LogP contribution in [-0.2, 0) is 20.8 Å². The fourth-order valence-corrected chi connectivity index (χ4v) is 2.91. The molecule has 11 nitrogen and oxygen atoms in total. The first-order valence-corrected chi connectivity index (χ1v) is 10.0. The smallest absolute Gasteiger partial charge is 0.326 e. The zero-order valence-corrected chi connectivity index (χ0v) is 17.8. The Bertz CT molecular complexity index is 927. The van der Waals surface area contributed by atoms with Crippen LogP contribution in [0.2, 0.25) is 0 Å². The third-order valence-corrected chi connectivity index (χ3v) is 4.49. The average Bonchev–Trinajstić information content (AvgIpc) is 3.24. The predicted molar refractivity (Wildman–Crippen MR) is 114 cm³/mol. The summed E-state index contributed by atoms with van der Waals surface area (Å²) in [6.07, 6.45) is 3.19. The Morgan fingerprint density at radius 3 is 2.31 bits per heavy atom. The first-order valence-electron chi connectivity index (χ1n) is 10.0. The molecule has 2 rings (SSSR count). The van der Waals surface area contributed by atoms with Gasteiger partial charge < -0.3 is 31.1 Å². The number of carboxylic acids is 1. The van der Waals surface area contributed by atoms with Gasteiger partial charge >= 0.3 is 5.97 Å². The Hall–Kier alpha value is -3.89. The molecule has 2 atom stereocenters. The van der Waals surface area contributed by atoms with E-state index in [1.54, 1.807) is 0 Å². The molecule has 2 aromatic rings. The molecule has 1 aromatic heterocycles. The van der Waals surface area contributed by atoms with Gasteiger partial charge in [-0.3, -0.25) is 14.4 Å². The molecule has 0 saturated carbocycles. The monoisotopic (exact) mass is 445 g/mol. The van der Waals surface area contributed by atoms with Crippen molar-refractivity contribution in [3.63, 3.8) is 0 Å². The zero-order valence-electron chi connectivity index (χ0n) is 17.8. The number of aromatic amines is 1. The second-order valence-corrected chi connectivity index (χ2v) is 7.66. The topological polar surface area (TPSA) is 174 Å². The summed E-state index contributed by atoms with van der Waals surface area (Å²) in [5, 5.41) is 26.1. The molecule has 0 aliphatic rings. The van der Waals surface area contributed by atoms with Crippen molar-refractivity contribution in [2.45, 2.75) is 38.8 Å². The van der Waals surface area contributed by atoms with Gasteiger partial charge in [0.1, 0.15) is 17.8 Å². The molecule has 3 amide bonds. The molecule has 0 radical (unpaired) electrons. The second kappa shape index (κ2) is 11.5. The zero-order chi connectivity index (χ0) is 23.7. The highest BCUT2D eigenvalue weighted by atomic mass is 16.4. The van der Waals surface area contributed by atoms with Crippen LogP contribution in [-0.4, -0.2) is 62.5 Å². The molecule has 0 saturated heterocycles. The molecule has 0 spiro atoms. The number of phenolic OH excluding ortho intramolecular Hbond substituents is 1. The summed E-state index contributed by atoms with van der Waals surface area (Å²) in [5.74, 6) is -2.95. The molecule has 0 fully saturated rings. The van der Waals surface area contributed by atoms with Gasteiger partial charge in [0.2, 0.25) is 11.8 Å². The van der Waals surface area contributed by atoms with Gasteiger partial charge in [0, 0.05) is 23.9 Å². The van der Waals surface area contributed by atoms with E-state index < -0.39 is 42.3 Å². The molecule has 0 bridgehead atoms. The van der Waals surface area contributed by atoms with E-state index in [1.807, 2.05) is 13.8 Å². The second-order valence-electron chi connectivity index (χ2n) is 7.66. The van der Waals surface area contributed by atoms with Crippen LogP contribution >= 0.6 is 0 Å². The van der Waals surface area contributed by atoms with Crippen molar-refractivity contribution >= 4 is 23.7 Å². The molecule has 1 aromatic carbocycles. The number of amides is 3. The average molecular weight is 445 g/mol. The lowest BCUT2D eigenvalue weighted by Gasteiger charge is -2.22. The van der Waals surface area contributed by atoms with Crippen molar-refractivity contribution in [1.29, 1.82) is 0 Å². The number of benzene rings is 1. The molecule has 11 heteroatoms. The van der Waals surface area contributed by atoms with Crippen LogP contribution in [0.3, 0.4) is 0 Å². The Labute approximate surface area is 184 Å². The molecular formula is C21H27N5O6. The van der Waals surface area contributed by atoms with E-state index >= 15 is 0 Å². The van der Waals surface area contributed by atoms with E-state index in [-0.39, 0.29) is 30.1 Å². The Kier molecular flexibility index (Phi) is 8.75. The highest BCUT2D eigenvalue weighted by Gasteiger charge is 2.27. The highest BCUT2D eigenvalue weighted by molar-refractivity contribution is 5.97. The number of carbonyl (C=O) groups is 4. The number of hydrogen-bond acceptors (Lipinski definition) is 6. The summed E-state index contributed by atoms with van der Waals surface area (Å²) in [4.78, 5) is 55.5. The largest absolute Gasteiger partial charge is 0.508 e. The molecular weight excluding hydrogens is 418 g/mol. The maximum absolute atomic E-state index is 12.8. The van der Waals surface area contributed by atoms with Crippen LogP contribution in [0.5, 0.6) is 5.75 Å². The summed E-state index contributed by atoms with van der Waals surface area (Å²) in [6, 6.07) is 3.31. The van der Waals surface area contributed by atoms with Crippen molar-refractivity contribution < 1.29 is 29.4 Å². The van der Waals surface area contributed by atoms with Gasteiger partial charge in [-0.1, -0.05) is 13.8 Å². The molecule has 0 unspecified atom stereocenters. The van der Waals surface area contributed by atoms with Gasteiger partial charge in [0.15, 0.2) is 0 Å². The fourth-order valence-electron chi connectivity index (χ4n) is 2.91. The first kappa shape index (κ1) is 24.4. The maximum atomic E-state index is 12.8. The SMILES string of the molecule is CC(C)C[C@@H](NC(=O)[C@H](Cc1cnc[nH]1)NC(=O)CNC(=O)c1ccc(O)cc1)C(=O)O. The maximum Gasteiger partial charge on any atom is 0.326 e. The van der Waals surface area contributed by atoms with Crippen molar-refractivity contribution in [2.24, 2.45) is 5.92 Å². The Balaban J connectivity index is 2.01. The Morgan fingerprint density at radius 1 is 1.06 bits per heavy atom. The Morgan fingerprint density at radius 2 is 1.75 bits per heavy atom. The number of hydrogen-bond donors (Lipinski definition) is 6. The summed E-state index contributed by atoms with van der Waals surface area (Å²) in [6.45, 7) is 3.27. The normalized spacial score (nSPS) is 12.6. The number of aromatic nitrogens is 2. The van der Waals surface area contributed by atoms with Gasteiger partial charge in [-0.15, -0.1) is 0 Å². The minimum Gasteiger partial charge on any atom is -0.508 e. The van der Waals surface area contributed by atoms with E-state index in [0.29, 0.717) is 5.69 Å².